The van der Waals surface area contributed by atoms with E-state index in [0.29, 0.717) is 13.0 Å². The minimum atomic E-state index is -1.11. The minimum absolute atomic E-state index is 0.153. The molecule has 0 aromatic carbocycles. The van der Waals surface area contributed by atoms with E-state index in [4.69, 9.17) is 5.73 Å². The molecule has 1 rings (SSSR count). The predicted molar refractivity (Wildman–Crippen MR) is 35.0 cm³/mol. The van der Waals surface area contributed by atoms with Gasteiger partial charge in [0.05, 0.1) is 0 Å². The Balaban J connectivity index is 2.37. The third kappa shape index (κ3) is 1.63. The summed E-state index contributed by atoms with van der Waals surface area (Å²) < 4.78 is 13.1. The van der Waals surface area contributed by atoms with E-state index >= 15 is 0 Å². The average Bonchev–Trinajstić information content (AvgIpc) is 1.90. The van der Waals surface area contributed by atoms with Crippen LogP contribution < -0.4 is 11.1 Å². The molecule has 9 heavy (non-hydrogen) atoms. The van der Waals surface area contributed by atoms with Crippen LogP contribution in [-0.4, -0.2) is 25.3 Å². The number of alkyl halides is 1. The SMILES string of the molecule is NC[C@@]1(F)CCCNC1. The van der Waals surface area contributed by atoms with Gasteiger partial charge in [-0.05, 0) is 19.4 Å². The molecule has 1 fully saturated rings. The fourth-order valence-corrected chi connectivity index (χ4v) is 1.11. The summed E-state index contributed by atoms with van der Waals surface area (Å²) in [6, 6.07) is 0. The van der Waals surface area contributed by atoms with Crippen molar-refractivity contribution in [3.05, 3.63) is 0 Å². The van der Waals surface area contributed by atoms with Gasteiger partial charge in [0.2, 0.25) is 0 Å². The van der Waals surface area contributed by atoms with E-state index < -0.39 is 5.67 Å². The molecule has 0 unspecified atom stereocenters. The van der Waals surface area contributed by atoms with Crippen molar-refractivity contribution in [3.63, 3.8) is 0 Å². The van der Waals surface area contributed by atoms with Gasteiger partial charge < -0.3 is 11.1 Å². The Morgan fingerprint density at radius 1 is 1.67 bits per heavy atom. The third-order valence-electron chi connectivity index (χ3n) is 1.79. The molecule has 1 saturated heterocycles. The topological polar surface area (TPSA) is 38.0 Å². The Labute approximate surface area is 54.6 Å². The van der Waals surface area contributed by atoms with E-state index in [0.717, 1.165) is 13.0 Å². The van der Waals surface area contributed by atoms with Crippen molar-refractivity contribution in [1.29, 1.82) is 0 Å². The van der Waals surface area contributed by atoms with E-state index in [9.17, 15) is 4.39 Å². The number of rotatable bonds is 1. The average molecular weight is 132 g/mol. The first-order valence-corrected chi connectivity index (χ1v) is 3.36. The lowest BCUT2D eigenvalue weighted by molar-refractivity contribution is 0.132. The lowest BCUT2D eigenvalue weighted by atomic mass is 9.97. The van der Waals surface area contributed by atoms with Crippen LogP contribution in [0.3, 0.4) is 0 Å². The molecule has 54 valence electrons. The number of hydrogen-bond acceptors (Lipinski definition) is 2. The van der Waals surface area contributed by atoms with E-state index in [-0.39, 0.29) is 6.54 Å². The van der Waals surface area contributed by atoms with E-state index in [2.05, 4.69) is 5.32 Å². The molecule has 0 aliphatic carbocycles. The molecular weight excluding hydrogens is 119 g/mol. The van der Waals surface area contributed by atoms with Crippen LogP contribution in [0.2, 0.25) is 0 Å². The number of nitrogens with one attached hydrogen (secondary N) is 1. The second-order valence-corrected chi connectivity index (χ2v) is 2.64. The Kier molecular flexibility index (Phi) is 2.03. The smallest absolute Gasteiger partial charge is 0.135 e. The maximum absolute atomic E-state index is 13.1. The number of hydrogen-bond donors (Lipinski definition) is 2. The Bertz CT molecular complexity index is 89.1. The molecule has 0 aromatic heterocycles. The normalized spacial score (nSPS) is 36.7. The highest BCUT2D eigenvalue weighted by Gasteiger charge is 2.29. The molecule has 0 radical (unpaired) electrons. The number of piperidine rings is 1. The molecule has 0 bridgehead atoms. The number of halogens is 1. The second-order valence-electron chi connectivity index (χ2n) is 2.64. The molecule has 0 amide bonds. The van der Waals surface area contributed by atoms with Gasteiger partial charge in [0.25, 0.3) is 0 Å². The molecule has 3 heteroatoms. The van der Waals surface area contributed by atoms with Crippen LogP contribution in [0.15, 0.2) is 0 Å². The van der Waals surface area contributed by atoms with Gasteiger partial charge in [-0.3, -0.25) is 0 Å². The van der Waals surface area contributed by atoms with Crippen LogP contribution in [0.4, 0.5) is 4.39 Å². The minimum Gasteiger partial charge on any atom is -0.327 e. The largest absolute Gasteiger partial charge is 0.327 e. The van der Waals surface area contributed by atoms with Crippen LogP contribution >= 0.6 is 0 Å². The van der Waals surface area contributed by atoms with E-state index in [1.165, 1.54) is 0 Å². The van der Waals surface area contributed by atoms with Crippen LogP contribution in [0.5, 0.6) is 0 Å². The first-order chi connectivity index (χ1) is 4.27. The van der Waals surface area contributed by atoms with Crippen LogP contribution in [0.1, 0.15) is 12.8 Å². The molecule has 3 N–H and O–H groups in total. The highest BCUT2D eigenvalue weighted by molar-refractivity contribution is 4.86. The summed E-state index contributed by atoms with van der Waals surface area (Å²) in [5, 5.41) is 2.97. The molecule has 1 atom stereocenters. The maximum atomic E-state index is 13.1. The summed E-state index contributed by atoms with van der Waals surface area (Å²) in [6.07, 6.45) is 1.53. The standard InChI is InChI=1S/C6H13FN2/c7-6(4-8)2-1-3-9-5-6/h9H,1-5,8H2/t6-/m0/s1. The highest BCUT2D eigenvalue weighted by Crippen LogP contribution is 2.18. The molecule has 0 saturated carbocycles. The third-order valence-corrected chi connectivity index (χ3v) is 1.79. The zero-order valence-electron chi connectivity index (χ0n) is 5.49. The van der Waals surface area contributed by atoms with E-state index in [1.54, 1.807) is 0 Å². The van der Waals surface area contributed by atoms with Crippen molar-refractivity contribution >= 4 is 0 Å². The molecule has 2 nitrogen and oxygen atoms in total. The van der Waals surface area contributed by atoms with Gasteiger partial charge in [-0.1, -0.05) is 0 Å². The van der Waals surface area contributed by atoms with Crippen LogP contribution in [0, 0.1) is 0 Å². The van der Waals surface area contributed by atoms with Gasteiger partial charge >= 0.3 is 0 Å². The highest BCUT2D eigenvalue weighted by atomic mass is 19.1. The lowest BCUT2D eigenvalue weighted by Gasteiger charge is -2.28. The first-order valence-electron chi connectivity index (χ1n) is 3.36. The lowest BCUT2D eigenvalue weighted by Crippen LogP contribution is -2.47. The molecule has 1 aliphatic rings. The van der Waals surface area contributed by atoms with Gasteiger partial charge in [0, 0.05) is 13.1 Å². The van der Waals surface area contributed by atoms with Crippen molar-refractivity contribution < 1.29 is 4.39 Å². The van der Waals surface area contributed by atoms with Gasteiger partial charge in [-0.2, -0.15) is 0 Å². The molecule has 1 heterocycles. The Morgan fingerprint density at radius 3 is 2.78 bits per heavy atom. The Morgan fingerprint density at radius 2 is 2.44 bits per heavy atom. The fourth-order valence-electron chi connectivity index (χ4n) is 1.11. The van der Waals surface area contributed by atoms with Gasteiger partial charge in [-0.25, -0.2) is 4.39 Å². The van der Waals surface area contributed by atoms with Crippen molar-refractivity contribution in [3.8, 4) is 0 Å². The zero-order chi connectivity index (χ0) is 6.74. The van der Waals surface area contributed by atoms with Crippen molar-refractivity contribution in [2.75, 3.05) is 19.6 Å². The van der Waals surface area contributed by atoms with Crippen LogP contribution in [-0.2, 0) is 0 Å². The predicted octanol–water partition coefficient (Wildman–Crippen LogP) is 0.0368. The molecule has 0 spiro atoms. The Hall–Kier alpha value is -0.150. The molecular formula is C6H13FN2. The summed E-state index contributed by atoms with van der Waals surface area (Å²) >= 11 is 0. The summed E-state index contributed by atoms with van der Waals surface area (Å²) in [4.78, 5) is 0. The fraction of sp³-hybridized carbons (Fsp3) is 1.00. The van der Waals surface area contributed by atoms with Gasteiger partial charge in [0.1, 0.15) is 5.67 Å². The van der Waals surface area contributed by atoms with Crippen LogP contribution in [0.25, 0.3) is 0 Å². The summed E-state index contributed by atoms with van der Waals surface area (Å²) in [7, 11) is 0. The van der Waals surface area contributed by atoms with Gasteiger partial charge in [0.15, 0.2) is 0 Å². The van der Waals surface area contributed by atoms with E-state index in [1.807, 2.05) is 0 Å². The van der Waals surface area contributed by atoms with Crippen molar-refractivity contribution in [1.82, 2.24) is 5.32 Å². The molecule has 1 aliphatic heterocycles. The first kappa shape index (κ1) is 6.96. The quantitative estimate of drug-likeness (QED) is 0.528. The van der Waals surface area contributed by atoms with Crippen molar-refractivity contribution in [2.24, 2.45) is 5.73 Å². The summed E-state index contributed by atoms with van der Waals surface area (Å²) in [5.41, 5.74) is 4.11. The maximum Gasteiger partial charge on any atom is 0.135 e. The zero-order valence-corrected chi connectivity index (χ0v) is 5.49. The summed E-state index contributed by atoms with van der Waals surface area (Å²) in [6.45, 7) is 1.52. The van der Waals surface area contributed by atoms with Crippen molar-refractivity contribution in [2.45, 2.75) is 18.5 Å². The summed E-state index contributed by atoms with van der Waals surface area (Å²) in [5.74, 6) is 0. The number of nitrogens with two attached hydrogens (primary N) is 1. The second kappa shape index (κ2) is 2.62. The monoisotopic (exact) mass is 132 g/mol. The van der Waals surface area contributed by atoms with Gasteiger partial charge in [-0.15, -0.1) is 0 Å². The molecule has 0 aromatic rings.